The van der Waals surface area contributed by atoms with Gasteiger partial charge in [0.15, 0.2) is 16.6 Å². The summed E-state index contributed by atoms with van der Waals surface area (Å²) in [7, 11) is 3.19. The number of ether oxygens (including phenoxy) is 2. The maximum Gasteiger partial charge on any atom is 0.225 e. The summed E-state index contributed by atoms with van der Waals surface area (Å²) in [5.74, 6) is 0.378. The van der Waals surface area contributed by atoms with Crippen molar-refractivity contribution in [3.05, 3.63) is 59.4 Å². The van der Waals surface area contributed by atoms with Gasteiger partial charge in [0, 0.05) is 37.2 Å². The van der Waals surface area contributed by atoms with E-state index in [4.69, 9.17) is 21.7 Å². The summed E-state index contributed by atoms with van der Waals surface area (Å²) >= 11 is 5.59. The summed E-state index contributed by atoms with van der Waals surface area (Å²) in [4.78, 5) is 15.3. The molecule has 0 radical (unpaired) electrons. The van der Waals surface area contributed by atoms with Crippen LogP contribution in [0.1, 0.15) is 30.9 Å². The normalized spacial score (nSPS) is 17.9. The molecule has 0 spiro atoms. The minimum absolute atomic E-state index is 0.0842. The first-order chi connectivity index (χ1) is 15.3. The maximum absolute atomic E-state index is 13.3. The first-order valence-electron chi connectivity index (χ1n) is 10.6. The predicted octanol–water partition coefficient (Wildman–Crippen LogP) is 3.46. The number of methoxy groups -OCH3 is 2. The van der Waals surface area contributed by atoms with Gasteiger partial charge in [0.05, 0.1) is 20.1 Å². The number of hydrogen-bond donors (Lipinski definition) is 2. The Morgan fingerprint density at radius 1 is 1.16 bits per heavy atom. The fraction of sp³-hybridized carbons (Fsp3) is 0.417. The summed E-state index contributed by atoms with van der Waals surface area (Å²) in [5.41, 5.74) is 1.74. The van der Waals surface area contributed by atoms with E-state index in [0.29, 0.717) is 36.2 Å². The van der Waals surface area contributed by atoms with Crippen LogP contribution in [0.4, 0.5) is 4.39 Å². The SMILES string of the molecule is COc1cccc([C@@H]2CN(C(=S)NC(C)C)C[C@H]2C(=O)NCc2ccc(F)cc2)c1OC. The number of carbonyl (C=O) groups is 1. The molecular formula is C24H30FN3O3S. The van der Waals surface area contributed by atoms with Crippen molar-refractivity contribution in [1.29, 1.82) is 0 Å². The average molecular weight is 460 g/mol. The third-order valence-corrected chi connectivity index (χ3v) is 5.94. The van der Waals surface area contributed by atoms with Gasteiger partial charge in [0.25, 0.3) is 0 Å². The van der Waals surface area contributed by atoms with E-state index < -0.39 is 0 Å². The fourth-order valence-corrected chi connectivity index (χ4v) is 4.40. The van der Waals surface area contributed by atoms with Crippen LogP contribution in [0.5, 0.6) is 11.5 Å². The highest BCUT2D eigenvalue weighted by atomic mass is 32.1. The van der Waals surface area contributed by atoms with Crippen molar-refractivity contribution in [2.24, 2.45) is 5.92 Å². The highest BCUT2D eigenvalue weighted by Crippen LogP contribution is 2.42. The van der Waals surface area contributed by atoms with Gasteiger partial charge >= 0.3 is 0 Å². The van der Waals surface area contributed by atoms with Crippen LogP contribution in [0.25, 0.3) is 0 Å². The third kappa shape index (κ3) is 5.48. The second kappa shape index (κ2) is 10.6. The Morgan fingerprint density at radius 2 is 1.88 bits per heavy atom. The quantitative estimate of drug-likeness (QED) is 0.619. The first-order valence-corrected chi connectivity index (χ1v) is 11.0. The first kappa shape index (κ1) is 23.8. The number of para-hydroxylation sites is 1. The number of likely N-dealkylation sites (tertiary alicyclic amines) is 1. The summed E-state index contributed by atoms with van der Waals surface area (Å²) in [6.45, 7) is 5.44. The lowest BCUT2D eigenvalue weighted by molar-refractivity contribution is -0.125. The molecule has 0 aromatic heterocycles. The average Bonchev–Trinajstić information content (AvgIpc) is 3.23. The lowest BCUT2D eigenvalue weighted by atomic mass is 9.87. The molecule has 0 saturated carbocycles. The van der Waals surface area contributed by atoms with Gasteiger partial charge in [-0.05, 0) is 49.8 Å². The third-order valence-electron chi connectivity index (χ3n) is 5.57. The van der Waals surface area contributed by atoms with E-state index in [1.54, 1.807) is 26.4 Å². The van der Waals surface area contributed by atoms with Crippen molar-refractivity contribution in [2.45, 2.75) is 32.4 Å². The summed E-state index contributed by atoms with van der Waals surface area (Å²) in [6, 6.07) is 12.0. The van der Waals surface area contributed by atoms with Crippen molar-refractivity contribution in [1.82, 2.24) is 15.5 Å². The molecule has 1 aliphatic rings. The second-order valence-electron chi connectivity index (χ2n) is 8.15. The fourth-order valence-electron chi connectivity index (χ4n) is 4.02. The van der Waals surface area contributed by atoms with E-state index >= 15 is 0 Å². The molecule has 0 bridgehead atoms. The monoisotopic (exact) mass is 459 g/mol. The van der Waals surface area contributed by atoms with E-state index in [1.165, 1.54) is 12.1 Å². The Bertz CT molecular complexity index is 952. The molecule has 1 aliphatic heterocycles. The van der Waals surface area contributed by atoms with Crippen molar-refractivity contribution < 1.29 is 18.7 Å². The molecule has 8 heteroatoms. The van der Waals surface area contributed by atoms with E-state index in [9.17, 15) is 9.18 Å². The molecule has 2 atom stereocenters. The molecule has 1 heterocycles. The molecule has 172 valence electrons. The molecule has 1 amide bonds. The van der Waals surface area contributed by atoms with Crippen molar-refractivity contribution in [3.8, 4) is 11.5 Å². The maximum atomic E-state index is 13.3. The van der Waals surface area contributed by atoms with Crippen LogP contribution >= 0.6 is 12.2 Å². The number of halogens is 1. The van der Waals surface area contributed by atoms with Gasteiger partial charge in [0.2, 0.25) is 5.91 Å². The van der Waals surface area contributed by atoms with Crippen LogP contribution < -0.4 is 20.1 Å². The van der Waals surface area contributed by atoms with Crippen LogP contribution in [-0.4, -0.2) is 49.3 Å². The Kier molecular flexibility index (Phi) is 7.90. The molecule has 0 unspecified atom stereocenters. The van der Waals surface area contributed by atoms with Crippen LogP contribution in [0.3, 0.4) is 0 Å². The topological polar surface area (TPSA) is 62.8 Å². The number of thiocarbonyl (C=S) groups is 1. The number of benzene rings is 2. The zero-order chi connectivity index (χ0) is 23.3. The minimum Gasteiger partial charge on any atom is -0.493 e. The lowest BCUT2D eigenvalue weighted by Gasteiger charge is -2.23. The smallest absolute Gasteiger partial charge is 0.225 e. The molecular weight excluding hydrogens is 429 g/mol. The number of carbonyl (C=O) groups excluding carboxylic acids is 1. The zero-order valence-electron chi connectivity index (χ0n) is 18.9. The number of nitrogens with zero attached hydrogens (tertiary/aromatic N) is 1. The van der Waals surface area contributed by atoms with E-state index in [2.05, 4.69) is 10.6 Å². The van der Waals surface area contributed by atoms with E-state index in [1.807, 2.05) is 36.9 Å². The highest BCUT2D eigenvalue weighted by molar-refractivity contribution is 7.80. The van der Waals surface area contributed by atoms with E-state index in [0.717, 1.165) is 11.1 Å². The Labute approximate surface area is 194 Å². The van der Waals surface area contributed by atoms with Gasteiger partial charge in [-0.15, -0.1) is 0 Å². The minimum atomic E-state index is -0.344. The highest BCUT2D eigenvalue weighted by Gasteiger charge is 2.41. The Morgan fingerprint density at radius 3 is 2.50 bits per heavy atom. The molecule has 2 aromatic rings. The molecule has 6 nitrogen and oxygen atoms in total. The standard InChI is InChI=1S/C24H30FN3O3S/c1-15(2)27-24(32)28-13-19(18-6-5-7-21(30-3)22(18)31-4)20(14-28)23(29)26-12-16-8-10-17(25)11-9-16/h5-11,15,19-20H,12-14H2,1-4H3,(H,26,29)(H,27,32)/t19-,20+/m0/s1. The van der Waals surface area contributed by atoms with Gasteiger partial charge in [-0.2, -0.15) is 0 Å². The predicted molar refractivity (Wildman–Crippen MR) is 126 cm³/mol. The second-order valence-corrected chi connectivity index (χ2v) is 8.54. The van der Waals surface area contributed by atoms with Gasteiger partial charge in [-0.25, -0.2) is 4.39 Å². The molecule has 32 heavy (non-hydrogen) atoms. The number of amides is 1. The molecule has 3 rings (SSSR count). The molecule has 1 fully saturated rings. The van der Waals surface area contributed by atoms with Gasteiger partial charge in [0.1, 0.15) is 5.82 Å². The number of hydrogen-bond acceptors (Lipinski definition) is 4. The molecule has 2 aromatic carbocycles. The van der Waals surface area contributed by atoms with Crippen LogP contribution in [0.2, 0.25) is 0 Å². The zero-order valence-corrected chi connectivity index (χ0v) is 19.7. The largest absolute Gasteiger partial charge is 0.493 e. The summed E-state index contributed by atoms with van der Waals surface area (Å²) < 4.78 is 24.3. The van der Waals surface area contributed by atoms with Crippen molar-refractivity contribution in [3.63, 3.8) is 0 Å². The molecule has 1 saturated heterocycles. The van der Waals surface area contributed by atoms with Crippen LogP contribution in [0.15, 0.2) is 42.5 Å². The molecule has 0 aliphatic carbocycles. The number of rotatable bonds is 7. The van der Waals surface area contributed by atoms with Crippen molar-refractivity contribution in [2.75, 3.05) is 27.3 Å². The molecule has 2 N–H and O–H groups in total. The summed E-state index contributed by atoms with van der Waals surface area (Å²) in [5, 5.41) is 6.89. The Hall–Kier alpha value is -2.87. The van der Waals surface area contributed by atoms with E-state index in [-0.39, 0.29) is 29.6 Å². The van der Waals surface area contributed by atoms with Gasteiger partial charge < -0.3 is 25.0 Å². The van der Waals surface area contributed by atoms with Crippen LogP contribution in [-0.2, 0) is 11.3 Å². The summed E-state index contributed by atoms with van der Waals surface area (Å²) in [6.07, 6.45) is 0. The Balaban J connectivity index is 1.85. The van der Waals surface area contributed by atoms with Crippen LogP contribution in [0, 0.1) is 11.7 Å². The number of nitrogens with one attached hydrogen (secondary N) is 2. The lowest BCUT2D eigenvalue weighted by Crippen LogP contribution is -2.42. The van der Waals surface area contributed by atoms with Gasteiger partial charge in [-0.1, -0.05) is 24.3 Å². The van der Waals surface area contributed by atoms with Crippen molar-refractivity contribution >= 4 is 23.2 Å². The van der Waals surface area contributed by atoms with Gasteiger partial charge in [-0.3, -0.25) is 4.79 Å².